The van der Waals surface area contributed by atoms with Gasteiger partial charge in [-0.25, -0.2) is 0 Å². The predicted molar refractivity (Wildman–Crippen MR) is 73.0 cm³/mol. The molecule has 0 aromatic heterocycles. The molecule has 0 saturated heterocycles. The van der Waals surface area contributed by atoms with Crippen molar-refractivity contribution in [3.63, 3.8) is 0 Å². The molecule has 1 saturated carbocycles. The van der Waals surface area contributed by atoms with Gasteiger partial charge in [0.05, 0.1) is 5.41 Å². The number of ketones is 1. The summed E-state index contributed by atoms with van der Waals surface area (Å²) in [5, 5.41) is 2.45. The summed E-state index contributed by atoms with van der Waals surface area (Å²) in [5.74, 6) is 0.383. The van der Waals surface area contributed by atoms with Crippen molar-refractivity contribution in [3.8, 4) is 0 Å². The molecule has 2 aliphatic rings. The number of benzene rings is 2. The Bertz CT molecular complexity index is 642. The van der Waals surface area contributed by atoms with E-state index in [9.17, 15) is 4.79 Å². The van der Waals surface area contributed by atoms with Gasteiger partial charge in [0, 0.05) is 5.56 Å². The Morgan fingerprint density at radius 2 is 1.61 bits per heavy atom. The minimum Gasteiger partial charge on any atom is -0.293 e. The number of Topliss-reactive ketones (excluding diaryl/α,β-unsaturated/α-hetero) is 1. The molecule has 0 radical (unpaired) electrons. The molecule has 0 heterocycles. The largest absolute Gasteiger partial charge is 0.293 e. The van der Waals surface area contributed by atoms with E-state index in [1.165, 1.54) is 35.6 Å². The summed E-state index contributed by atoms with van der Waals surface area (Å²) in [6.07, 6.45) is 5.74. The average molecular weight is 236 g/mol. The van der Waals surface area contributed by atoms with Gasteiger partial charge in [-0.3, -0.25) is 4.79 Å². The van der Waals surface area contributed by atoms with Crippen molar-refractivity contribution in [1.82, 2.24) is 0 Å². The zero-order valence-corrected chi connectivity index (χ0v) is 10.4. The van der Waals surface area contributed by atoms with Crippen LogP contribution in [0.5, 0.6) is 0 Å². The van der Waals surface area contributed by atoms with Gasteiger partial charge in [-0.1, -0.05) is 55.7 Å². The molecule has 0 unspecified atom stereocenters. The van der Waals surface area contributed by atoms with Gasteiger partial charge in [0.2, 0.25) is 0 Å². The number of hydrogen-bond donors (Lipinski definition) is 0. The zero-order valence-electron chi connectivity index (χ0n) is 10.4. The van der Waals surface area contributed by atoms with Crippen molar-refractivity contribution in [2.75, 3.05) is 0 Å². The monoisotopic (exact) mass is 236 g/mol. The Morgan fingerprint density at radius 1 is 0.889 bits per heavy atom. The van der Waals surface area contributed by atoms with Gasteiger partial charge in [0.15, 0.2) is 5.78 Å². The van der Waals surface area contributed by atoms with Crippen LogP contribution < -0.4 is 0 Å². The molecule has 1 fully saturated rings. The van der Waals surface area contributed by atoms with Gasteiger partial charge in [-0.15, -0.1) is 0 Å². The zero-order chi connectivity index (χ0) is 12.2. The second-order valence-corrected chi connectivity index (χ2v) is 5.68. The molecular weight excluding hydrogens is 220 g/mol. The fraction of sp³-hybridized carbons (Fsp3) is 0.353. The molecule has 1 spiro atoms. The lowest BCUT2D eigenvalue weighted by molar-refractivity contribution is 0.0854. The van der Waals surface area contributed by atoms with Gasteiger partial charge < -0.3 is 0 Å². The molecule has 18 heavy (non-hydrogen) atoms. The lowest BCUT2D eigenvalue weighted by Crippen LogP contribution is -2.34. The Hall–Kier alpha value is -1.63. The number of hydrogen-bond acceptors (Lipinski definition) is 1. The maximum atomic E-state index is 12.9. The van der Waals surface area contributed by atoms with Crippen molar-refractivity contribution in [2.24, 2.45) is 0 Å². The smallest absolute Gasteiger partial charge is 0.174 e. The number of fused-ring (bicyclic) bond motifs is 1. The van der Waals surface area contributed by atoms with E-state index < -0.39 is 0 Å². The van der Waals surface area contributed by atoms with Crippen molar-refractivity contribution < 1.29 is 4.79 Å². The number of carbonyl (C=O) groups excluding carboxylic acids is 1. The first kappa shape index (κ1) is 10.3. The SMILES string of the molecule is O=C1c2cccc3cccc(c23)C12CCCCC2. The minimum atomic E-state index is -0.179. The molecule has 1 nitrogen and oxygen atoms in total. The van der Waals surface area contributed by atoms with Crippen LogP contribution in [0.2, 0.25) is 0 Å². The van der Waals surface area contributed by atoms with Gasteiger partial charge in [0.1, 0.15) is 0 Å². The third-order valence-electron chi connectivity index (χ3n) is 4.81. The van der Waals surface area contributed by atoms with Gasteiger partial charge >= 0.3 is 0 Å². The summed E-state index contributed by atoms with van der Waals surface area (Å²) < 4.78 is 0. The Labute approximate surface area is 107 Å². The summed E-state index contributed by atoms with van der Waals surface area (Å²) in [5.41, 5.74) is 2.09. The normalized spacial score (nSPS) is 20.8. The summed E-state index contributed by atoms with van der Waals surface area (Å²) in [6, 6.07) is 12.6. The van der Waals surface area contributed by atoms with Crippen LogP contribution in [0.15, 0.2) is 36.4 Å². The molecule has 4 rings (SSSR count). The average Bonchev–Trinajstić information content (AvgIpc) is 2.66. The number of carbonyl (C=O) groups is 1. The van der Waals surface area contributed by atoms with Crippen LogP contribution in [-0.2, 0) is 5.41 Å². The molecule has 0 atom stereocenters. The standard InChI is InChI=1S/C17H16O/c18-16-13-8-4-6-12-7-5-9-14(15(12)13)17(16)10-2-1-3-11-17/h4-9H,1-3,10-11H2. The van der Waals surface area contributed by atoms with Crippen molar-refractivity contribution >= 4 is 16.6 Å². The second-order valence-electron chi connectivity index (χ2n) is 5.68. The van der Waals surface area contributed by atoms with Crippen LogP contribution in [0.25, 0.3) is 10.8 Å². The van der Waals surface area contributed by atoms with E-state index in [0.29, 0.717) is 5.78 Å². The molecule has 0 aliphatic heterocycles. The molecule has 2 aromatic carbocycles. The van der Waals surface area contributed by atoms with Crippen LogP contribution in [-0.4, -0.2) is 5.78 Å². The first-order chi connectivity index (χ1) is 8.83. The molecule has 0 amide bonds. The molecule has 0 N–H and O–H groups in total. The van der Waals surface area contributed by atoms with E-state index >= 15 is 0 Å². The van der Waals surface area contributed by atoms with E-state index in [-0.39, 0.29) is 5.41 Å². The highest BCUT2D eigenvalue weighted by molar-refractivity contribution is 6.20. The molecule has 0 bridgehead atoms. The molecule has 2 aliphatic carbocycles. The Balaban J connectivity index is 2.07. The van der Waals surface area contributed by atoms with Crippen molar-refractivity contribution in [1.29, 1.82) is 0 Å². The van der Waals surface area contributed by atoms with Gasteiger partial charge in [-0.05, 0) is 29.2 Å². The van der Waals surface area contributed by atoms with E-state index in [0.717, 1.165) is 18.4 Å². The summed E-state index contributed by atoms with van der Waals surface area (Å²) in [4.78, 5) is 12.9. The summed E-state index contributed by atoms with van der Waals surface area (Å²) in [7, 11) is 0. The Morgan fingerprint density at radius 3 is 2.39 bits per heavy atom. The topological polar surface area (TPSA) is 17.1 Å². The van der Waals surface area contributed by atoms with Crippen LogP contribution in [0.3, 0.4) is 0 Å². The van der Waals surface area contributed by atoms with Crippen LogP contribution in [0.1, 0.15) is 48.0 Å². The second kappa shape index (κ2) is 3.44. The van der Waals surface area contributed by atoms with Crippen LogP contribution >= 0.6 is 0 Å². The maximum Gasteiger partial charge on any atom is 0.174 e. The van der Waals surface area contributed by atoms with Crippen LogP contribution in [0.4, 0.5) is 0 Å². The highest BCUT2D eigenvalue weighted by atomic mass is 16.1. The van der Waals surface area contributed by atoms with E-state index in [4.69, 9.17) is 0 Å². The lowest BCUT2D eigenvalue weighted by Gasteiger charge is -2.33. The summed E-state index contributed by atoms with van der Waals surface area (Å²) >= 11 is 0. The Kier molecular flexibility index (Phi) is 1.97. The fourth-order valence-corrected chi connectivity index (χ4v) is 3.96. The van der Waals surface area contributed by atoms with Gasteiger partial charge in [-0.2, -0.15) is 0 Å². The fourth-order valence-electron chi connectivity index (χ4n) is 3.96. The van der Waals surface area contributed by atoms with Crippen LogP contribution in [0, 0.1) is 0 Å². The van der Waals surface area contributed by atoms with E-state index in [2.05, 4.69) is 24.3 Å². The molecule has 2 aromatic rings. The van der Waals surface area contributed by atoms with Crippen molar-refractivity contribution in [3.05, 3.63) is 47.5 Å². The lowest BCUT2D eigenvalue weighted by atomic mass is 9.69. The summed E-state index contributed by atoms with van der Waals surface area (Å²) in [6.45, 7) is 0. The number of rotatable bonds is 0. The van der Waals surface area contributed by atoms with E-state index in [1.807, 2.05) is 12.1 Å². The molecule has 90 valence electrons. The third-order valence-corrected chi connectivity index (χ3v) is 4.81. The quantitative estimate of drug-likeness (QED) is 0.668. The maximum absolute atomic E-state index is 12.9. The predicted octanol–water partition coefficient (Wildman–Crippen LogP) is 4.24. The van der Waals surface area contributed by atoms with E-state index in [1.54, 1.807) is 0 Å². The first-order valence-electron chi connectivity index (χ1n) is 6.90. The first-order valence-corrected chi connectivity index (χ1v) is 6.90. The molecular formula is C17H16O. The minimum absolute atomic E-state index is 0.179. The highest BCUT2D eigenvalue weighted by Crippen LogP contribution is 2.50. The van der Waals surface area contributed by atoms with Gasteiger partial charge in [0.25, 0.3) is 0 Å². The highest BCUT2D eigenvalue weighted by Gasteiger charge is 2.47. The molecule has 1 heteroatoms. The third kappa shape index (κ3) is 1.10. The van der Waals surface area contributed by atoms with Crippen molar-refractivity contribution in [2.45, 2.75) is 37.5 Å².